The summed E-state index contributed by atoms with van der Waals surface area (Å²) in [5.41, 5.74) is 2.56. The van der Waals surface area contributed by atoms with Gasteiger partial charge in [0.05, 0.1) is 14.2 Å². The van der Waals surface area contributed by atoms with E-state index in [9.17, 15) is 0 Å². The molecule has 7 heteroatoms. The van der Waals surface area contributed by atoms with E-state index in [4.69, 9.17) is 9.47 Å². The van der Waals surface area contributed by atoms with Crippen molar-refractivity contribution in [1.82, 2.24) is 10.2 Å². The van der Waals surface area contributed by atoms with Gasteiger partial charge in [-0.15, -0.1) is 10.2 Å². The normalized spacial score (nSPS) is 14.1. The predicted octanol–water partition coefficient (Wildman–Crippen LogP) is 2.88. The highest BCUT2D eigenvalue weighted by molar-refractivity contribution is 9.11. The van der Waals surface area contributed by atoms with Crippen LogP contribution in [0.15, 0.2) is 16.0 Å². The quantitative estimate of drug-likeness (QED) is 0.846. The summed E-state index contributed by atoms with van der Waals surface area (Å²) in [7, 11) is 3.32. The van der Waals surface area contributed by atoms with Gasteiger partial charge in [0, 0.05) is 13.1 Å². The van der Waals surface area contributed by atoms with Crippen LogP contribution in [-0.2, 0) is 13.0 Å². The molecule has 0 amide bonds. The second-order valence-electron chi connectivity index (χ2n) is 4.49. The number of rotatable bonds is 3. The van der Waals surface area contributed by atoms with Crippen molar-refractivity contribution in [3.63, 3.8) is 0 Å². The van der Waals surface area contributed by atoms with Gasteiger partial charge in [0.2, 0.25) is 5.13 Å². The molecule has 1 aromatic carbocycles. The first-order valence-corrected chi connectivity index (χ1v) is 7.80. The van der Waals surface area contributed by atoms with Crippen LogP contribution >= 0.6 is 27.3 Å². The lowest BCUT2D eigenvalue weighted by atomic mass is 9.99. The van der Waals surface area contributed by atoms with Crippen LogP contribution in [0.1, 0.15) is 11.1 Å². The number of hydrogen-bond acceptors (Lipinski definition) is 6. The summed E-state index contributed by atoms with van der Waals surface area (Å²) in [5.74, 6) is 1.56. The zero-order valence-corrected chi connectivity index (χ0v) is 13.6. The van der Waals surface area contributed by atoms with Gasteiger partial charge in [-0.1, -0.05) is 11.3 Å². The molecule has 0 bridgehead atoms. The summed E-state index contributed by atoms with van der Waals surface area (Å²) in [6, 6.07) is 4.12. The summed E-state index contributed by atoms with van der Waals surface area (Å²) in [4.78, 5) is 2.23. The van der Waals surface area contributed by atoms with E-state index in [1.54, 1.807) is 25.6 Å². The molecule has 0 unspecified atom stereocenters. The van der Waals surface area contributed by atoms with E-state index in [-0.39, 0.29) is 0 Å². The summed E-state index contributed by atoms with van der Waals surface area (Å²) in [6.45, 7) is 1.75. The zero-order chi connectivity index (χ0) is 14.1. The minimum Gasteiger partial charge on any atom is -0.493 e. The molecule has 2 heterocycles. The van der Waals surface area contributed by atoms with Gasteiger partial charge < -0.3 is 14.4 Å². The Hall–Kier alpha value is -1.34. The Bertz CT molecular complexity index is 632. The Morgan fingerprint density at radius 1 is 1.15 bits per heavy atom. The fourth-order valence-corrected chi connectivity index (χ4v) is 3.49. The Balaban J connectivity index is 1.90. The largest absolute Gasteiger partial charge is 0.493 e. The molecule has 0 radical (unpaired) electrons. The van der Waals surface area contributed by atoms with E-state index < -0.39 is 0 Å². The van der Waals surface area contributed by atoms with E-state index in [0.717, 1.165) is 40.1 Å². The van der Waals surface area contributed by atoms with E-state index in [0.29, 0.717) is 0 Å². The van der Waals surface area contributed by atoms with Crippen LogP contribution in [0.3, 0.4) is 0 Å². The molecule has 0 aliphatic carbocycles. The average Bonchev–Trinajstić information content (AvgIpc) is 2.91. The van der Waals surface area contributed by atoms with Gasteiger partial charge >= 0.3 is 0 Å². The van der Waals surface area contributed by atoms with Crippen molar-refractivity contribution in [3.05, 3.63) is 27.2 Å². The van der Waals surface area contributed by atoms with Crippen LogP contribution in [0.5, 0.6) is 11.5 Å². The van der Waals surface area contributed by atoms with Crippen molar-refractivity contribution in [3.8, 4) is 11.5 Å². The van der Waals surface area contributed by atoms with Crippen molar-refractivity contribution in [1.29, 1.82) is 0 Å². The number of aromatic nitrogens is 2. The number of methoxy groups -OCH3 is 2. The van der Waals surface area contributed by atoms with Gasteiger partial charge in [-0.3, -0.25) is 0 Å². The van der Waals surface area contributed by atoms with Crippen molar-refractivity contribution >= 4 is 32.4 Å². The number of hydrogen-bond donors (Lipinski definition) is 0. The third-order valence-electron chi connectivity index (χ3n) is 3.38. The minimum absolute atomic E-state index is 0.770. The highest BCUT2D eigenvalue weighted by Crippen LogP contribution is 2.35. The minimum atomic E-state index is 0.770. The van der Waals surface area contributed by atoms with Crippen molar-refractivity contribution < 1.29 is 9.47 Å². The van der Waals surface area contributed by atoms with Gasteiger partial charge in [-0.05, 0) is 45.6 Å². The SMILES string of the molecule is COc1cc2c(cc1OC)CN(c1nnc(Br)s1)CC2. The molecule has 1 aliphatic rings. The molecule has 1 aliphatic heterocycles. The van der Waals surface area contributed by atoms with Crippen LogP contribution in [-0.4, -0.2) is 31.0 Å². The Morgan fingerprint density at radius 2 is 1.85 bits per heavy atom. The molecule has 0 atom stereocenters. The maximum Gasteiger partial charge on any atom is 0.209 e. The fourth-order valence-electron chi connectivity index (χ4n) is 2.37. The number of fused-ring (bicyclic) bond motifs is 1. The number of nitrogens with zero attached hydrogens (tertiary/aromatic N) is 3. The number of benzene rings is 1. The van der Waals surface area contributed by atoms with Gasteiger partial charge in [-0.2, -0.15) is 0 Å². The van der Waals surface area contributed by atoms with Crippen molar-refractivity contribution in [2.45, 2.75) is 13.0 Å². The van der Waals surface area contributed by atoms with E-state index in [1.807, 2.05) is 0 Å². The molecule has 0 fully saturated rings. The molecule has 3 rings (SSSR count). The molecule has 0 saturated carbocycles. The molecule has 2 aromatic rings. The van der Waals surface area contributed by atoms with E-state index in [1.165, 1.54) is 11.1 Å². The number of anilines is 1. The Labute approximate surface area is 129 Å². The van der Waals surface area contributed by atoms with Gasteiger partial charge in [0.1, 0.15) is 0 Å². The maximum absolute atomic E-state index is 5.37. The van der Waals surface area contributed by atoms with E-state index >= 15 is 0 Å². The molecule has 5 nitrogen and oxygen atoms in total. The molecule has 0 saturated heterocycles. The molecule has 1 aromatic heterocycles. The second kappa shape index (κ2) is 5.57. The summed E-state index contributed by atoms with van der Waals surface area (Å²) < 4.78 is 11.5. The standard InChI is InChI=1S/C13H14BrN3O2S/c1-18-10-5-8-3-4-17(13-16-15-12(14)20-13)7-9(8)6-11(10)19-2/h5-6H,3-4,7H2,1-2H3. The number of halogens is 1. The first-order valence-electron chi connectivity index (χ1n) is 6.19. The van der Waals surface area contributed by atoms with Gasteiger partial charge in [-0.25, -0.2) is 0 Å². The predicted molar refractivity (Wildman–Crippen MR) is 81.9 cm³/mol. The first kappa shape index (κ1) is 13.6. The number of ether oxygens (including phenoxy) is 2. The summed E-state index contributed by atoms with van der Waals surface area (Å²) in [6.07, 6.45) is 0.965. The fraction of sp³-hybridized carbons (Fsp3) is 0.385. The van der Waals surface area contributed by atoms with Crippen LogP contribution in [0.2, 0.25) is 0 Å². The highest BCUT2D eigenvalue weighted by Gasteiger charge is 2.21. The average molecular weight is 356 g/mol. The lowest BCUT2D eigenvalue weighted by molar-refractivity contribution is 0.353. The smallest absolute Gasteiger partial charge is 0.209 e. The monoisotopic (exact) mass is 355 g/mol. The molecule has 0 spiro atoms. The third-order valence-corrected chi connectivity index (χ3v) is 4.79. The van der Waals surface area contributed by atoms with Crippen LogP contribution in [0.25, 0.3) is 0 Å². The highest BCUT2D eigenvalue weighted by atomic mass is 79.9. The molecule has 20 heavy (non-hydrogen) atoms. The van der Waals surface area contributed by atoms with Gasteiger partial charge in [0.25, 0.3) is 0 Å². The lowest BCUT2D eigenvalue weighted by Gasteiger charge is -2.28. The van der Waals surface area contributed by atoms with Crippen LogP contribution in [0, 0.1) is 0 Å². The topological polar surface area (TPSA) is 47.5 Å². The molecule has 106 valence electrons. The third kappa shape index (κ3) is 2.47. The summed E-state index contributed by atoms with van der Waals surface area (Å²) in [5, 5.41) is 9.13. The maximum atomic E-state index is 5.37. The first-order chi connectivity index (χ1) is 9.71. The second-order valence-corrected chi connectivity index (χ2v) is 6.72. The zero-order valence-electron chi connectivity index (χ0n) is 11.2. The molecular formula is C13H14BrN3O2S. The Morgan fingerprint density at radius 3 is 2.45 bits per heavy atom. The van der Waals surface area contributed by atoms with Crippen LogP contribution < -0.4 is 14.4 Å². The molecule has 0 N–H and O–H groups in total. The van der Waals surface area contributed by atoms with Crippen LogP contribution in [0.4, 0.5) is 5.13 Å². The van der Waals surface area contributed by atoms with E-state index in [2.05, 4.69) is 43.2 Å². The van der Waals surface area contributed by atoms with Crippen molar-refractivity contribution in [2.75, 3.05) is 25.7 Å². The lowest BCUT2D eigenvalue weighted by Crippen LogP contribution is -2.30. The summed E-state index contributed by atoms with van der Waals surface area (Å²) >= 11 is 4.90. The van der Waals surface area contributed by atoms with Crippen molar-refractivity contribution in [2.24, 2.45) is 0 Å². The molecular weight excluding hydrogens is 342 g/mol. The Kier molecular flexibility index (Phi) is 3.80. The van der Waals surface area contributed by atoms with Gasteiger partial charge in [0.15, 0.2) is 15.4 Å².